The first kappa shape index (κ1) is 13.5. The summed E-state index contributed by atoms with van der Waals surface area (Å²) in [7, 11) is 0. The minimum absolute atomic E-state index is 0.00689. The van der Waals surface area contributed by atoms with Crippen molar-refractivity contribution < 1.29 is 0 Å². The van der Waals surface area contributed by atoms with E-state index in [1.54, 1.807) is 0 Å². The van der Waals surface area contributed by atoms with E-state index in [0.717, 1.165) is 12.4 Å². The minimum atomic E-state index is -0.00689. The van der Waals surface area contributed by atoms with Crippen LogP contribution in [0.15, 0.2) is 4.99 Å². The molecule has 2 nitrogen and oxygen atoms in total. The van der Waals surface area contributed by atoms with Crippen LogP contribution < -0.4 is 5.73 Å². The van der Waals surface area contributed by atoms with Crippen LogP contribution in [-0.4, -0.2) is 12.4 Å². The van der Waals surface area contributed by atoms with Crippen LogP contribution in [0.1, 0.15) is 48.5 Å². The monoisotopic (exact) mass is 198 g/mol. The average Bonchev–Trinajstić information content (AvgIpc) is 1.98. The van der Waals surface area contributed by atoms with E-state index in [0.29, 0.717) is 5.92 Å². The van der Waals surface area contributed by atoms with E-state index in [9.17, 15) is 0 Å². The van der Waals surface area contributed by atoms with E-state index in [4.69, 9.17) is 5.73 Å². The van der Waals surface area contributed by atoms with Crippen molar-refractivity contribution in [3.8, 4) is 0 Å². The maximum atomic E-state index is 5.91. The zero-order valence-corrected chi connectivity index (χ0v) is 10.8. The van der Waals surface area contributed by atoms with Gasteiger partial charge in [0.1, 0.15) is 0 Å². The van der Waals surface area contributed by atoms with Gasteiger partial charge < -0.3 is 5.73 Å². The highest BCUT2D eigenvalue weighted by Gasteiger charge is 2.23. The maximum absolute atomic E-state index is 5.91. The van der Waals surface area contributed by atoms with Gasteiger partial charge in [-0.25, -0.2) is 0 Å². The van der Waals surface area contributed by atoms with Crippen LogP contribution >= 0.6 is 0 Å². The van der Waals surface area contributed by atoms with Crippen LogP contribution in [-0.2, 0) is 0 Å². The summed E-state index contributed by atoms with van der Waals surface area (Å²) in [5.41, 5.74) is 6.13. The molecular formula is C12H26N2. The Morgan fingerprint density at radius 1 is 1.14 bits per heavy atom. The van der Waals surface area contributed by atoms with Crippen molar-refractivity contribution >= 4 is 5.84 Å². The Labute approximate surface area is 89.0 Å². The zero-order chi connectivity index (χ0) is 11.6. The molecule has 0 amide bonds. The van der Waals surface area contributed by atoms with Gasteiger partial charge in [0.05, 0.1) is 5.84 Å². The number of aliphatic imine (C=N–C) groups is 1. The Kier molecular flexibility index (Phi) is 4.16. The van der Waals surface area contributed by atoms with Crippen molar-refractivity contribution in [1.29, 1.82) is 0 Å². The van der Waals surface area contributed by atoms with Gasteiger partial charge in [0, 0.05) is 12.0 Å². The molecule has 84 valence electrons. The molecule has 0 fully saturated rings. The lowest BCUT2D eigenvalue weighted by Gasteiger charge is -2.28. The second kappa shape index (κ2) is 4.33. The highest BCUT2D eigenvalue weighted by atomic mass is 14.9. The highest BCUT2D eigenvalue weighted by molar-refractivity contribution is 5.85. The van der Waals surface area contributed by atoms with E-state index >= 15 is 0 Å². The summed E-state index contributed by atoms with van der Waals surface area (Å²) in [6.07, 6.45) is 0. The molecule has 0 aliphatic heterocycles. The second-order valence-electron chi connectivity index (χ2n) is 6.09. The smallest absolute Gasteiger partial charge is 0.0991 e. The molecule has 0 aliphatic carbocycles. The fraction of sp³-hybridized carbons (Fsp3) is 0.917. The molecule has 0 saturated carbocycles. The summed E-state index contributed by atoms with van der Waals surface area (Å²) < 4.78 is 0. The number of amidine groups is 1. The maximum Gasteiger partial charge on any atom is 0.0991 e. The average molecular weight is 198 g/mol. The second-order valence-corrected chi connectivity index (χ2v) is 6.09. The van der Waals surface area contributed by atoms with E-state index in [1.807, 2.05) is 0 Å². The molecular weight excluding hydrogens is 172 g/mol. The van der Waals surface area contributed by atoms with Crippen molar-refractivity contribution in [2.24, 2.45) is 27.5 Å². The summed E-state index contributed by atoms with van der Waals surface area (Å²) in [5.74, 6) is 1.38. The van der Waals surface area contributed by atoms with Gasteiger partial charge in [0.2, 0.25) is 0 Å². The standard InChI is InChI=1S/C12H26N2/c1-9(2)12(6,7)8-14-10(13)11(3,4)5/h9H,8H2,1-7H3,(H2,13,14). The molecule has 0 aromatic heterocycles. The van der Waals surface area contributed by atoms with E-state index in [-0.39, 0.29) is 10.8 Å². The molecule has 0 unspecified atom stereocenters. The van der Waals surface area contributed by atoms with Crippen LogP contribution in [0, 0.1) is 16.7 Å². The summed E-state index contributed by atoms with van der Waals surface area (Å²) >= 11 is 0. The quantitative estimate of drug-likeness (QED) is 0.549. The Hall–Kier alpha value is -0.530. The SMILES string of the molecule is CC(C)C(C)(C)CN=C(N)C(C)(C)C. The first-order valence-corrected chi connectivity index (χ1v) is 5.38. The van der Waals surface area contributed by atoms with Gasteiger partial charge in [0.25, 0.3) is 0 Å². The van der Waals surface area contributed by atoms with Crippen molar-refractivity contribution in [3.05, 3.63) is 0 Å². The summed E-state index contributed by atoms with van der Waals surface area (Å²) in [4.78, 5) is 4.48. The first-order chi connectivity index (χ1) is 6.07. The van der Waals surface area contributed by atoms with Gasteiger partial charge in [-0.2, -0.15) is 0 Å². The Bertz CT molecular complexity index is 207. The number of nitrogens with zero attached hydrogens (tertiary/aromatic N) is 1. The lowest BCUT2D eigenvalue weighted by molar-refractivity contribution is 0.261. The number of hydrogen-bond acceptors (Lipinski definition) is 1. The molecule has 2 N–H and O–H groups in total. The predicted molar refractivity (Wildman–Crippen MR) is 64.6 cm³/mol. The van der Waals surface area contributed by atoms with Crippen molar-refractivity contribution in [2.45, 2.75) is 48.5 Å². The van der Waals surface area contributed by atoms with Crippen LogP contribution in [0.5, 0.6) is 0 Å². The van der Waals surface area contributed by atoms with Crippen LogP contribution in [0.2, 0.25) is 0 Å². The van der Waals surface area contributed by atoms with E-state index in [1.165, 1.54) is 0 Å². The molecule has 0 saturated heterocycles. The van der Waals surface area contributed by atoms with Gasteiger partial charge in [-0.1, -0.05) is 48.5 Å². The van der Waals surface area contributed by atoms with Gasteiger partial charge in [-0.3, -0.25) is 4.99 Å². The van der Waals surface area contributed by atoms with E-state index in [2.05, 4.69) is 53.5 Å². The van der Waals surface area contributed by atoms with Gasteiger partial charge in [-0.05, 0) is 11.3 Å². The molecule has 2 heteroatoms. The molecule has 0 heterocycles. The lowest BCUT2D eigenvalue weighted by atomic mass is 9.81. The number of nitrogens with two attached hydrogens (primary N) is 1. The molecule has 0 aromatic carbocycles. The summed E-state index contributed by atoms with van der Waals surface area (Å²) in [6.45, 7) is 16.0. The zero-order valence-electron chi connectivity index (χ0n) is 10.8. The summed E-state index contributed by atoms with van der Waals surface area (Å²) in [5, 5.41) is 0. The predicted octanol–water partition coefficient (Wildman–Crippen LogP) is 3.07. The molecule has 0 aliphatic rings. The molecule has 0 spiro atoms. The van der Waals surface area contributed by atoms with Crippen LogP contribution in [0.4, 0.5) is 0 Å². The molecule has 0 atom stereocenters. The fourth-order valence-electron chi connectivity index (χ4n) is 0.709. The molecule has 0 bridgehead atoms. The largest absolute Gasteiger partial charge is 0.387 e. The normalized spacial score (nSPS) is 15.0. The van der Waals surface area contributed by atoms with Crippen molar-refractivity contribution in [1.82, 2.24) is 0 Å². The number of hydrogen-bond donors (Lipinski definition) is 1. The third-order valence-corrected chi connectivity index (χ3v) is 2.99. The van der Waals surface area contributed by atoms with Crippen molar-refractivity contribution in [2.75, 3.05) is 6.54 Å². The van der Waals surface area contributed by atoms with E-state index < -0.39 is 0 Å². The third kappa shape index (κ3) is 4.12. The van der Waals surface area contributed by atoms with Gasteiger partial charge in [-0.15, -0.1) is 0 Å². The Balaban J connectivity index is 4.44. The molecule has 0 rings (SSSR count). The molecule has 14 heavy (non-hydrogen) atoms. The Morgan fingerprint density at radius 3 is 1.86 bits per heavy atom. The minimum Gasteiger partial charge on any atom is -0.387 e. The lowest BCUT2D eigenvalue weighted by Crippen LogP contribution is -2.31. The first-order valence-electron chi connectivity index (χ1n) is 5.38. The molecule has 0 radical (unpaired) electrons. The fourth-order valence-corrected chi connectivity index (χ4v) is 0.709. The van der Waals surface area contributed by atoms with Crippen molar-refractivity contribution in [3.63, 3.8) is 0 Å². The highest BCUT2D eigenvalue weighted by Crippen LogP contribution is 2.26. The van der Waals surface area contributed by atoms with Gasteiger partial charge in [0.15, 0.2) is 0 Å². The third-order valence-electron chi connectivity index (χ3n) is 2.99. The Morgan fingerprint density at radius 2 is 1.57 bits per heavy atom. The van der Waals surface area contributed by atoms with Crippen LogP contribution in [0.3, 0.4) is 0 Å². The van der Waals surface area contributed by atoms with Crippen LogP contribution in [0.25, 0.3) is 0 Å². The van der Waals surface area contributed by atoms with Gasteiger partial charge >= 0.3 is 0 Å². The molecule has 0 aromatic rings. The number of rotatable bonds is 3. The topological polar surface area (TPSA) is 38.4 Å². The summed E-state index contributed by atoms with van der Waals surface area (Å²) in [6, 6.07) is 0.